The van der Waals surface area contributed by atoms with Crippen molar-refractivity contribution < 1.29 is 4.74 Å². The van der Waals surface area contributed by atoms with Crippen LogP contribution in [0, 0.1) is 0 Å². The molecule has 1 aromatic heterocycles. The van der Waals surface area contributed by atoms with Gasteiger partial charge in [0.15, 0.2) is 0 Å². The van der Waals surface area contributed by atoms with Crippen LogP contribution in [0.3, 0.4) is 0 Å². The Kier molecular flexibility index (Phi) is 1.91. The van der Waals surface area contributed by atoms with Crippen molar-refractivity contribution in [3.05, 3.63) is 27.9 Å². The predicted octanol–water partition coefficient (Wildman–Crippen LogP) is -0.115. The molecule has 64 valence electrons. The second-order valence-corrected chi connectivity index (χ2v) is 2.80. The van der Waals surface area contributed by atoms with E-state index in [0.29, 0.717) is 6.61 Å². The van der Waals surface area contributed by atoms with Gasteiger partial charge in [0.05, 0.1) is 13.2 Å². The molecule has 4 heteroatoms. The molecule has 12 heavy (non-hydrogen) atoms. The number of nitrogens with one attached hydrogen (secondary N) is 1. The van der Waals surface area contributed by atoms with E-state index in [1.807, 2.05) is 0 Å². The molecule has 0 saturated carbocycles. The fourth-order valence-corrected chi connectivity index (χ4v) is 1.35. The molecule has 0 fully saturated rings. The van der Waals surface area contributed by atoms with E-state index in [1.54, 1.807) is 6.20 Å². The van der Waals surface area contributed by atoms with Crippen LogP contribution in [-0.2, 0) is 17.6 Å². The molecular weight excluding hydrogens is 156 g/mol. The van der Waals surface area contributed by atoms with Crippen molar-refractivity contribution >= 4 is 0 Å². The highest BCUT2D eigenvalue weighted by Crippen LogP contribution is 2.08. The average molecular weight is 166 g/mol. The van der Waals surface area contributed by atoms with Gasteiger partial charge in [-0.2, -0.15) is 0 Å². The minimum Gasteiger partial charge on any atom is -0.381 e. The summed E-state index contributed by atoms with van der Waals surface area (Å²) >= 11 is 0. The van der Waals surface area contributed by atoms with E-state index in [2.05, 4.69) is 9.97 Å². The number of fused-ring (bicyclic) bond motifs is 1. The van der Waals surface area contributed by atoms with Crippen molar-refractivity contribution in [2.24, 2.45) is 0 Å². The van der Waals surface area contributed by atoms with Crippen LogP contribution in [0.15, 0.2) is 11.0 Å². The molecular formula is C8H10N2O2. The average Bonchev–Trinajstić information content (AvgIpc) is 2.28. The van der Waals surface area contributed by atoms with E-state index in [1.165, 1.54) is 0 Å². The zero-order valence-corrected chi connectivity index (χ0v) is 6.67. The van der Waals surface area contributed by atoms with Crippen LogP contribution >= 0.6 is 0 Å². The zero-order chi connectivity index (χ0) is 8.39. The Morgan fingerprint density at radius 2 is 2.25 bits per heavy atom. The largest absolute Gasteiger partial charge is 0.381 e. The van der Waals surface area contributed by atoms with Gasteiger partial charge in [-0.15, -0.1) is 0 Å². The van der Waals surface area contributed by atoms with Crippen LogP contribution in [0.1, 0.15) is 11.3 Å². The summed E-state index contributed by atoms with van der Waals surface area (Å²) in [6, 6.07) is 0. The number of nitrogens with zero attached hydrogens (tertiary/aromatic N) is 1. The van der Waals surface area contributed by atoms with Gasteiger partial charge in [-0.25, -0.2) is 9.78 Å². The molecule has 0 radical (unpaired) electrons. The van der Waals surface area contributed by atoms with Crippen LogP contribution in [-0.4, -0.2) is 23.2 Å². The molecule has 0 atom stereocenters. The van der Waals surface area contributed by atoms with Crippen LogP contribution in [0.5, 0.6) is 0 Å². The first-order valence-electron chi connectivity index (χ1n) is 4.01. The SMILES string of the molecule is O=c1ncc2c([nH]1)CCOCC2. The maximum Gasteiger partial charge on any atom is 0.345 e. The number of ether oxygens (including phenoxy) is 1. The molecule has 2 rings (SSSR count). The van der Waals surface area contributed by atoms with Gasteiger partial charge >= 0.3 is 5.69 Å². The summed E-state index contributed by atoms with van der Waals surface area (Å²) in [5.41, 5.74) is 1.82. The van der Waals surface area contributed by atoms with Crippen molar-refractivity contribution in [3.8, 4) is 0 Å². The molecule has 2 heterocycles. The highest BCUT2D eigenvalue weighted by Gasteiger charge is 2.08. The van der Waals surface area contributed by atoms with E-state index >= 15 is 0 Å². The summed E-state index contributed by atoms with van der Waals surface area (Å²) in [6.45, 7) is 1.41. The third kappa shape index (κ3) is 1.38. The predicted molar refractivity (Wildman–Crippen MR) is 43.1 cm³/mol. The molecule has 0 aromatic carbocycles. The number of aromatic nitrogens is 2. The lowest BCUT2D eigenvalue weighted by Gasteiger charge is -2.00. The quantitative estimate of drug-likeness (QED) is 0.584. The number of hydrogen-bond donors (Lipinski definition) is 1. The molecule has 0 saturated heterocycles. The van der Waals surface area contributed by atoms with E-state index in [9.17, 15) is 4.79 Å². The smallest absolute Gasteiger partial charge is 0.345 e. The second-order valence-electron chi connectivity index (χ2n) is 2.80. The van der Waals surface area contributed by atoms with Gasteiger partial charge in [-0.3, -0.25) is 0 Å². The Hall–Kier alpha value is -1.16. The van der Waals surface area contributed by atoms with Gasteiger partial charge in [0.25, 0.3) is 0 Å². The van der Waals surface area contributed by atoms with E-state index in [0.717, 1.165) is 30.7 Å². The van der Waals surface area contributed by atoms with Gasteiger partial charge < -0.3 is 9.72 Å². The molecule has 0 aliphatic carbocycles. The number of hydrogen-bond acceptors (Lipinski definition) is 3. The second kappa shape index (κ2) is 3.06. The maximum absolute atomic E-state index is 10.8. The van der Waals surface area contributed by atoms with Gasteiger partial charge in [-0.1, -0.05) is 0 Å². The van der Waals surface area contributed by atoms with Crippen LogP contribution in [0.25, 0.3) is 0 Å². The molecule has 1 aromatic rings. The summed E-state index contributed by atoms with van der Waals surface area (Å²) < 4.78 is 5.27. The number of H-pyrrole nitrogens is 1. The molecule has 0 bridgehead atoms. The lowest BCUT2D eigenvalue weighted by Crippen LogP contribution is -2.14. The molecule has 4 nitrogen and oxygen atoms in total. The Morgan fingerprint density at radius 3 is 3.17 bits per heavy atom. The Balaban J connectivity index is 2.43. The molecule has 0 spiro atoms. The first-order valence-corrected chi connectivity index (χ1v) is 4.01. The topological polar surface area (TPSA) is 55.0 Å². The first kappa shape index (κ1) is 7.49. The Morgan fingerprint density at radius 1 is 1.42 bits per heavy atom. The summed E-state index contributed by atoms with van der Waals surface area (Å²) in [4.78, 5) is 17.2. The molecule has 1 N–H and O–H groups in total. The van der Waals surface area contributed by atoms with Crippen molar-refractivity contribution in [3.63, 3.8) is 0 Å². The van der Waals surface area contributed by atoms with Crippen molar-refractivity contribution in [2.45, 2.75) is 12.8 Å². The van der Waals surface area contributed by atoms with Gasteiger partial charge in [0, 0.05) is 18.3 Å². The summed E-state index contributed by atoms with van der Waals surface area (Å²) in [7, 11) is 0. The van der Waals surface area contributed by atoms with Gasteiger partial charge in [-0.05, 0) is 12.0 Å². The van der Waals surface area contributed by atoms with Gasteiger partial charge in [0.1, 0.15) is 0 Å². The van der Waals surface area contributed by atoms with Crippen LogP contribution < -0.4 is 5.69 Å². The zero-order valence-electron chi connectivity index (χ0n) is 6.67. The van der Waals surface area contributed by atoms with Crippen molar-refractivity contribution in [1.29, 1.82) is 0 Å². The highest BCUT2D eigenvalue weighted by atomic mass is 16.5. The summed E-state index contributed by atoms with van der Waals surface area (Å²) in [5, 5.41) is 0. The first-order chi connectivity index (χ1) is 5.86. The fourth-order valence-electron chi connectivity index (χ4n) is 1.35. The lowest BCUT2D eigenvalue weighted by molar-refractivity contribution is 0.146. The van der Waals surface area contributed by atoms with Crippen molar-refractivity contribution in [1.82, 2.24) is 9.97 Å². The maximum atomic E-state index is 10.8. The fraction of sp³-hybridized carbons (Fsp3) is 0.500. The van der Waals surface area contributed by atoms with Crippen molar-refractivity contribution in [2.75, 3.05) is 13.2 Å². The van der Waals surface area contributed by atoms with Crippen LogP contribution in [0.4, 0.5) is 0 Å². The molecule has 0 amide bonds. The summed E-state index contributed by atoms with van der Waals surface area (Å²) in [6.07, 6.45) is 3.27. The molecule has 1 aliphatic heterocycles. The van der Waals surface area contributed by atoms with E-state index in [4.69, 9.17) is 4.74 Å². The minimum atomic E-state index is -0.268. The Labute approximate surface area is 69.6 Å². The molecule has 0 unspecified atom stereocenters. The van der Waals surface area contributed by atoms with Crippen LogP contribution in [0.2, 0.25) is 0 Å². The number of rotatable bonds is 0. The normalized spacial score (nSPS) is 16.7. The van der Waals surface area contributed by atoms with E-state index in [-0.39, 0.29) is 5.69 Å². The third-order valence-corrected chi connectivity index (χ3v) is 2.00. The van der Waals surface area contributed by atoms with E-state index < -0.39 is 0 Å². The lowest BCUT2D eigenvalue weighted by atomic mass is 10.1. The molecule has 1 aliphatic rings. The summed E-state index contributed by atoms with van der Waals surface area (Å²) in [5.74, 6) is 0. The Bertz CT molecular complexity index is 332. The third-order valence-electron chi connectivity index (χ3n) is 2.00. The standard InChI is InChI=1S/C8H10N2O2/c11-8-9-5-6-1-3-12-4-2-7(6)10-8/h5H,1-4H2,(H,9,10,11). The minimum absolute atomic E-state index is 0.268. The highest BCUT2D eigenvalue weighted by molar-refractivity contribution is 5.17. The number of aromatic amines is 1. The monoisotopic (exact) mass is 166 g/mol. The van der Waals surface area contributed by atoms with Gasteiger partial charge in [0.2, 0.25) is 0 Å².